The van der Waals surface area contributed by atoms with Gasteiger partial charge in [0.2, 0.25) is 11.8 Å². The number of carbonyl (C=O) groups excluding carboxylic acids is 3. The fraction of sp³-hybridized carbons (Fsp3) is 0.318. The molecule has 0 bridgehead atoms. The molecule has 2 aromatic rings. The number of hydrogen-bond donors (Lipinski definition) is 2. The first-order valence-corrected chi connectivity index (χ1v) is 9.43. The maximum atomic E-state index is 12.5. The first-order valence-electron chi connectivity index (χ1n) is 9.43. The van der Waals surface area contributed by atoms with Crippen molar-refractivity contribution in [1.29, 1.82) is 0 Å². The molecule has 2 N–H and O–H groups in total. The molecule has 0 atom stereocenters. The fourth-order valence-corrected chi connectivity index (χ4v) is 2.68. The summed E-state index contributed by atoms with van der Waals surface area (Å²) >= 11 is 0. The van der Waals surface area contributed by atoms with Crippen LogP contribution >= 0.6 is 0 Å². The molecule has 29 heavy (non-hydrogen) atoms. The average molecular weight is 397 g/mol. The smallest absolute Gasteiger partial charge is 0.260 e. The molecule has 0 radical (unpaired) electrons. The Bertz CT molecular complexity index is 878. The van der Waals surface area contributed by atoms with Crippen LogP contribution in [0.2, 0.25) is 0 Å². The van der Waals surface area contributed by atoms with Crippen LogP contribution in [-0.2, 0) is 14.4 Å². The minimum Gasteiger partial charge on any atom is -0.483 e. The summed E-state index contributed by atoms with van der Waals surface area (Å²) in [5.74, 6) is -0.0659. The number of carbonyl (C=O) groups is 3. The van der Waals surface area contributed by atoms with Crippen molar-refractivity contribution in [2.24, 2.45) is 0 Å². The van der Waals surface area contributed by atoms with Crippen LogP contribution in [-0.4, -0.2) is 42.3 Å². The zero-order valence-corrected chi connectivity index (χ0v) is 17.2. The summed E-state index contributed by atoms with van der Waals surface area (Å²) in [6, 6.07) is 12.6. The van der Waals surface area contributed by atoms with Gasteiger partial charge in [0, 0.05) is 24.8 Å². The quantitative estimate of drug-likeness (QED) is 0.716. The third kappa shape index (κ3) is 6.95. The van der Waals surface area contributed by atoms with E-state index in [1.165, 1.54) is 11.8 Å². The van der Waals surface area contributed by atoms with Crippen molar-refractivity contribution in [3.05, 3.63) is 53.6 Å². The molecule has 0 fully saturated rings. The number of benzene rings is 2. The van der Waals surface area contributed by atoms with Crippen molar-refractivity contribution < 1.29 is 19.1 Å². The Morgan fingerprint density at radius 2 is 1.59 bits per heavy atom. The average Bonchev–Trinajstić information content (AvgIpc) is 2.67. The molecule has 7 heteroatoms. The van der Waals surface area contributed by atoms with Crippen LogP contribution in [0.25, 0.3) is 0 Å². The van der Waals surface area contributed by atoms with Crippen molar-refractivity contribution in [3.8, 4) is 5.75 Å². The van der Waals surface area contributed by atoms with Crippen LogP contribution in [0.15, 0.2) is 42.5 Å². The molecular weight excluding hydrogens is 370 g/mol. The molecule has 0 aliphatic rings. The maximum absolute atomic E-state index is 12.5. The van der Waals surface area contributed by atoms with E-state index in [1.54, 1.807) is 24.3 Å². The molecular formula is C22H27N3O4. The molecule has 7 nitrogen and oxygen atoms in total. The molecule has 2 rings (SSSR count). The summed E-state index contributed by atoms with van der Waals surface area (Å²) in [6.45, 7) is 7.31. The zero-order chi connectivity index (χ0) is 21.4. The van der Waals surface area contributed by atoms with Crippen molar-refractivity contribution in [3.63, 3.8) is 0 Å². The van der Waals surface area contributed by atoms with Gasteiger partial charge < -0.3 is 20.3 Å². The van der Waals surface area contributed by atoms with Crippen LogP contribution in [0.5, 0.6) is 5.75 Å². The summed E-state index contributed by atoms with van der Waals surface area (Å²) in [4.78, 5) is 37.2. The third-order valence-electron chi connectivity index (χ3n) is 4.25. The molecule has 0 aliphatic carbocycles. The number of nitrogens with one attached hydrogen (secondary N) is 2. The second-order valence-electron chi connectivity index (χ2n) is 6.77. The molecule has 2 aromatic carbocycles. The molecule has 0 spiro atoms. The second kappa shape index (κ2) is 10.3. The summed E-state index contributed by atoms with van der Waals surface area (Å²) in [5.41, 5.74) is 3.23. The Morgan fingerprint density at radius 1 is 0.966 bits per heavy atom. The molecule has 0 aromatic heterocycles. The molecule has 0 saturated carbocycles. The highest BCUT2D eigenvalue weighted by molar-refractivity contribution is 5.95. The summed E-state index contributed by atoms with van der Waals surface area (Å²) in [7, 11) is 0. The van der Waals surface area contributed by atoms with E-state index in [0.717, 1.165) is 11.1 Å². The molecule has 0 unspecified atom stereocenters. The van der Waals surface area contributed by atoms with E-state index in [4.69, 9.17) is 4.74 Å². The predicted molar refractivity (Wildman–Crippen MR) is 113 cm³/mol. The number of likely N-dealkylation sites (N-methyl/N-ethyl adjacent to an activating group) is 1. The normalized spacial score (nSPS) is 10.2. The van der Waals surface area contributed by atoms with E-state index in [1.807, 2.05) is 39.0 Å². The van der Waals surface area contributed by atoms with Crippen molar-refractivity contribution in [1.82, 2.24) is 4.90 Å². The SMILES string of the molecule is CCN(CC(=O)Nc1ccc(NC(C)=O)cc1)C(=O)COc1cc(C)ccc1C. The van der Waals surface area contributed by atoms with Gasteiger partial charge in [-0.2, -0.15) is 0 Å². The summed E-state index contributed by atoms with van der Waals surface area (Å²) in [5, 5.41) is 5.40. The van der Waals surface area contributed by atoms with Gasteiger partial charge in [0.1, 0.15) is 5.75 Å². The first-order chi connectivity index (χ1) is 13.8. The highest BCUT2D eigenvalue weighted by atomic mass is 16.5. The predicted octanol–water partition coefficient (Wildman–Crippen LogP) is 3.13. The maximum Gasteiger partial charge on any atom is 0.260 e. The number of anilines is 2. The topological polar surface area (TPSA) is 87.7 Å². The lowest BCUT2D eigenvalue weighted by Crippen LogP contribution is -2.40. The van der Waals surface area contributed by atoms with E-state index >= 15 is 0 Å². The van der Waals surface area contributed by atoms with Crippen molar-refractivity contribution >= 4 is 29.1 Å². The number of hydrogen-bond acceptors (Lipinski definition) is 4. The van der Waals surface area contributed by atoms with Crippen LogP contribution in [0, 0.1) is 13.8 Å². The van der Waals surface area contributed by atoms with Crippen molar-refractivity contribution in [2.75, 3.05) is 30.3 Å². The molecule has 154 valence electrons. The Kier molecular flexibility index (Phi) is 7.77. The lowest BCUT2D eigenvalue weighted by atomic mass is 10.1. The third-order valence-corrected chi connectivity index (χ3v) is 4.25. The highest BCUT2D eigenvalue weighted by Gasteiger charge is 2.17. The Hall–Kier alpha value is -3.35. The highest BCUT2D eigenvalue weighted by Crippen LogP contribution is 2.19. The van der Waals surface area contributed by atoms with E-state index in [-0.39, 0.29) is 30.9 Å². The van der Waals surface area contributed by atoms with Gasteiger partial charge in [-0.25, -0.2) is 0 Å². The van der Waals surface area contributed by atoms with Gasteiger partial charge in [-0.3, -0.25) is 14.4 Å². The van der Waals surface area contributed by atoms with E-state index in [9.17, 15) is 14.4 Å². The lowest BCUT2D eigenvalue weighted by Gasteiger charge is -2.21. The molecule has 0 heterocycles. The Morgan fingerprint density at radius 3 is 2.17 bits per heavy atom. The van der Waals surface area contributed by atoms with Gasteiger partial charge in [0.25, 0.3) is 5.91 Å². The van der Waals surface area contributed by atoms with E-state index < -0.39 is 0 Å². The Labute approximate surface area is 171 Å². The molecule has 0 saturated heterocycles. The second-order valence-corrected chi connectivity index (χ2v) is 6.77. The summed E-state index contributed by atoms with van der Waals surface area (Å²) in [6.07, 6.45) is 0. The van der Waals surface area contributed by atoms with E-state index in [2.05, 4.69) is 10.6 Å². The standard InChI is InChI=1S/C22H27N3O4/c1-5-25(22(28)14-29-20-12-15(2)6-7-16(20)3)13-21(27)24-19-10-8-18(9-11-19)23-17(4)26/h6-12H,5,13-14H2,1-4H3,(H,23,26)(H,24,27). The first kappa shape index (κ1) is 21.9. The fourth-order valence-electron chi connectivity index (χ4n) is 2.68. The van der Waals surface area contributed by atoms with Gasteiger partial charge in [0.15, 0.2) is 6.61 Å². The molecule has 0 aliphatic heterocycles. The van der Waals surface area contributed by atoms with Crippen LogP contribution in [0.4, 0.5) is 11.4 Å². The van der Waals surface area contributed by atoms with Gasteiger partial charge in [-0.05, 0) is 62.2 Å². The van der Waals surface area contributed by atoms with Gasteiger partial charge in [-0.15, -0.1) is 0 Å². The minimum atomic E-state index is -0.306. The number of rotatable bonds is 8. The van der Waals surface area contributed by atoms with Crippen LogP contribution in [0.1, 0.15) is 25.0 Å². The van der Waals surface area contributed by atoms with Gasteiger partial charge >= 0.3 is 0 Å². The largest absolute Gasteiger partial charge is 0.483 e. The Balaban J connectivity index is 1.89. The van der Waals surface area contributed by atoms with Crippen LogP contribution in [0.3, 0.4) is 0 Å². The minimum absolute atomic E-state index is 0.0705. The van der Waals surface area contributed by atoms with Gasteiger partial charge in [0.05, 0.1) is 6.54 Å². The van der Waals surface area contributed by atoms with E-state index in [0.29, 0.717) is 23.7 Å². The number of amides is 3. The van der Waals surface area contributed by atoms with Crippen LogP contribution < -0.4 is 15.4 Å². The van der Waals surface area contributed by atoms with Crippen molar-refractivity contribution in [2.45, 2.75) is 27.7 Å². The number of nitrogens with zero attached hydrogens (tertiary/aromatic N) is 1. The number of ether oxygens (including phenoxy) is 1. The number of aryl methyl sites for hydroxylation is 2. The lowest BCUT2D eigenvalue weighted by molar-refractivity contribution is -0.136. The zero-order valence-electron chi connectivity index (χ0n) is 17.2. The monoisotopic (exact) mass is 397 g/mol. The summed E-state index contributed by atoms with van der Waals surface area (Å²) < 4.78 is 5.65. The molecule has 3 amide bonds. The van der Waals surface area contributed by atoms with Gasteiger partial charge in [-0.1, -0.05) is 12.1 Å².